The smallest absolute Gasteiger partial charge is 0.221 e. The summed E-state index contributed by atoms with van der Waals surface area (Å²) in [6, 6.07) is 4.22. The van der Waals surface area contributed by atoms with Gasteiger partial charge in [-0.3, -0.25) is 4.79 Å². The van der Waals surface area contributed by atoms with Crippen LogP contribution >= 0.6 is 0 Å². The lowest BCUT2D eigenvalue weighted by Crippen LogP contribution is -2.39. The maximum Gasteiger partial charge on any atom is 0.221 e. The van der Waals surface area contributed by atoms with Crippen molar-refractivity contribution in [1.29, 1.82) is 0 Å². The van der Waals surface area contributed by atoms with Crippen LogP contribution in [0.1, 0.15) is 57.1 Å². The summed E-state index contributed by atoms with van der Waals surface area (Å²) in [5, 5.41) is 2.90. The maximum atomic E-state index is 14.1. The zero-order chi connectivity index (χ0) is 16.9. The summed E-state index contributed by atoms with van der Waals surface area (Å²) in [5.41, 5.74) is 6.23. The van der Waals surface area contributed by atoms with Crippen LogP contribution < -0.4 is 15.8 Å². The predicted octanol–water partition coefficient (Wildman–Crippen LogP) is 3.31. The third-order valence-corrected chi connectivity index (χ3v) is 4.93. The third kappa shape index (κ3) is 4.22. The van der Waals surface area contributed by atoms with Crippen molar-refractivity contribution in [2.24, 2.45) is 11.1 Å². The van der Waals surface area contributed by atoms with Gasteiger partial charge in [0.05, 0.1) is 18.7 Å². The van der Waals surface area contributed by atoms with Gasteiger partial charge in [0.1, 0.15) is 11.6 Å². The Bertz CT molecular complexity index is 542. The number of amides is 1. The van der Waals surface area contributed by atoms with Gasteiger partial charge in [0.2, 0.25) is 5.91 Å². The molecule has 1 amide bonds. The second-order valence-electron chi connectivity index (χ2n) is 6.59. The highest BCUT2D eigenvalue weighted by Gasteiger charge is 2.33. The number of nitrogens with two attached hydrogens (primary N) is 1. The van der Waals surface area contributed by atoms with Crippen molar-refractivity contribution in [3.8, 4) is 5.75 Å². The van der Waals surface area contributed by atoms with Crippen molar-refractivity contribution in [1.82, 2.24) is 5.32 Å². The molecule has 0 heterocycles. The number of hydrogen-bond acceptors (Lipinski definition) is 3. The summed E-state index contributed by atoms with van der Waals surface area (Å²) in [6.07, 6.45) is 5.86. The molecule has 4 nitrogen and oxygen atoms in total. The van der Waals surface area contributed by atoms with E-state index in [1.165, 1.54) is 19.6 Å². The van der Waals surface area contributed by atoms with Crippen molar-refractivity contribution < 1.29 is 13.9 Å². The van der Waals surface area contributed by atoms with Gasteiger partial charge in [0, 0.05) is 6.42 Å². The van der Waals surface area contributed by atoms with E-state index < -0.39 is 6.04 Å². The van der Waals surface area contributed by atoms with Crippen molar-refractivity contribution >= 4 is 5.91 Å². The van der Waals surface area contributed by atoms with Gasteiger partial charge in [-0.2, -0.15) is 0 Å². The third-order valence-electron chi connectivity index (χ3n) is 4.93. The van der Waals surface area contributed by atoms with Gasteiger partial charge in [-0.1, -0.05) is 25.3 Å². The van der Waals surface area contributed by atoms with Crippen LogP contribution in [0, 0.1) is 11.2 Å². The normalized spacial score (nSPS) is 18.3. The van der Waals surface area contributed by atoms with Crippen molar-refractivity contribution in [2.75, 3.05) is 13.7 Å². The van der Waals surface area contributed by atoms with Crippen LogP contribution in [0.25, 0.3) is 0 Å². The summed E-state index contributed by atoms with van der Waals surface area (Å²) in [4.78, 5) is 12.4. The number of hydrogen-bond donors (Lipinski definition) is 2. The largest absolute Gasteiger partial charge is 0.496 e. The van der Waals surface area contributed by atoms with Crippen molar-refractivity contribution in [3.63, 3.8) is 0 Å². The first-order valence-corrected chi connectivity index (χ1v) is 8.33. The first kappa shape index (κ1) is 17.7. The molecule has 1 fully saturated rings. The predicted molar refractivity (Wildman–Crippen MR) is 88.7 cm³/mol. The number of nitrogens with one attached hydrogen (secondary N) is 1. The minimum absolute atomic E-state index is 0.0739. The van der Waals surface area contributed by atoms with E-state index in [0.717, 1.165) is 25.7 Å². The SMILES string of the molecule is COc1cccc(F)c1C(C)NC(=O)CC1(CN)CCCCC1. The fourth-order valence-corrected chi connectivity index (χ4v) is 3.58. The lowest BCUT2D eigenvalue weighted by Gasteiger charge is -2.36. The molecule has 0 bridgehead atoms. The Balaban J connectivity index is 2.05. The molecule has 128 valence electrons. The highest BCUT2D eigenvalue weighted by atomic mass is 19.1. The lowest BCUT2D eigenvalue weighted by molar-refractivity contribution is -0.124. The van der Waals surface area contributed by atoms with Gasteiger partial charge in [0.25, 0.3) is 0 Å². The Morgan fingerprint density at radius 2 is 2.09 bits per heavy atom. The van der Waals surface area contributed by atoms with Crippen LogP contribution in [0.4, 0.5) is 4.39 Å². The van der Waals surface area contributed by atoms with E-state index in [9.17, 15) is 9.18 Å². The van der Waals surface area contributed by atoms with Crippen LogP contribution in [0.15, 0.2) is 18.2 Å². The average molecular weight is 322 g/mol. The quantitative estimate of drug-likeness (QED) is 0.844. The molecule has 3 N–H and O–H groups in total. The Hall–Kier alpha value is -1.62. The molecule has 1 aliphatic rings. The molecule has 2 rings (SSSR count). The topological polar surface area (TPSA) is 64.3 Å². The van der Waals surface area contributed by atoms with Crippen LogP contribution in [0.2, 0.25) is 0 Å². The monoisotopic (exact) mass is 322 g/mol. The summed E-state index contributed by atoms with van der Waals surface area (Å²) in [5.74, 6) is 0.00233. The molecule has 0 spiro atoms. The number of ether oxygens (including phenoxy) is 1. The van der Waals surface area contributed by atoms with Crippen LogP contribution in [0.5, 0.6) is 5.75 Å². The molecular weight excluding hydrogens is 295 g/mol. The summed E-state index contributed by atoms with van der Waals surface area (Å²) < 4.78 is 19.3. The van der Waals surface area contributed by atoms with Crippen molar-refractivity contribution in [2.45, 2.75) is 51.5 Å². The van der Waals surface area contributed by atoms with Gasteiger partial charge in [-0.15, -0.1) is 0 Å². The number of rotatable bonds is 6. The van der Waals surface area contributed by atoms with Crippen molar-refractivity contribution in [3.05, 3.63) is 29.6 Å². The molecule has 1 unspecified atom stereocenters. The van der Waals surface area contributed by atoms with E-state index in [2.05, 4.69) is 5.32 Å². The highest BCUT2D eigenvalue weighted by Crippen LogP contribution is 2.38. The Kier molecular flexibility index (Phi) is 5.99. The standard InChI is InChI=1S/C18H27FN2O2/c1-13(17-14(19)7-6-8-15(17)23-2)21-16(22)11-18(12-20)9-4-3-5-10-18/h6-8,13H,3-5,9-12,20H2,1-2H3,(H,21,22). The number of carbonyl (C=O) groups is 1. The summed E-state index contributed by atoms with van der Waals surface area (Å²) >= 11 is 0. The van der Waals surface area contributed by atoms with Gasteiger partial charge in [0.15, 0.2) is 0 Å². The maximum absolute atomic E-state index is 14.1. The van der Waals surface area contributed by atoms with Gasteiger partial charge in [-0.05, 0) is 43.9 Å². The van der Waals surface area contributed by atoms with E-state index in [1.54, 1.807) is 19.1 Å². The van der Waals surface area contributed by atoms with E-state index in [1.807, 2.05) is 0 Å². The first-order chi connectivity index (χ1) is 11.0. The minimum atomic E-state index is -0.447. The van der Waals surface area contributed by atoms with E-state index >= 15 is 0 Å². The number of carbonyl (C=O) groups excluding carboxylic acids is 1. The number of halogens is 1. The molecule has 0 saturated heterocycles. The molecule has 1 atom stereocenters. The molecule has 5 heteroatoms. The van der Waals surface area contributed by atoms with E-state index in [-0.39, 0.29) is 17.1 Å². The zero-order valence-corrected chi connectivity index (χ0v) is 14.0. The van der Waals surface area contributed by atoms with Gasteiger partial charge in [-0.25, -0.2) is 4.39 Å². The Labute approximate surface area is 137 Å². The Morgan fingerprint density at radius 3 is 2.70 bits per heavy atom. The molecule has 1 aliphatic carbocycles. The molecule has 0 radical (unpaired) electrons. The minimum Gasteiger partial charge on any atom is -0.496 e. The van der Waals surface area contributed by atoms with E-state index in [4.69, 9.17) is 10.5 Å². The molecule has 1 saturated carbocycles. The van der Waals surface area contributed by atoms with Crippen LogP contribution in [-0.4, -0.2) is 19.6 Å². The second-order valence-corrected chi connectivity index (χ2v) is 6.59. The molecule has 0 aliphatic heterocycles. The van der Waals surface area contributed by atoms with Crippen LogP contribution in [0.3, 0.4) is 0 Å². The Morgan fingerprint density at radius 1 is 1.39 bits per heavy atom. The lowest BCUT2D eigenvalue weighted by atomic mass is 9.71. The molecule has 1 aromatic carbocycles. The molecule has 0 aromatic heterocycles. The highest BCUT2D eigenvalue weighted by molar-refractivity contribution is 5.77. The summed E-state index contributed by atoms with van der Waals surface area (Å²) in [7, 11) is 1.50. The zero-order valence-electron chi connectivity index (χ0n) is 14.0. The second kappa shape index (κ2) is 7.77. The number of benzene rings is 1. The fraction of sp³-hybridized carbons (Fsp3) is 0.611. The first-order valence-electron chi connectivity index (χ1n) is 8.33. The fourth-order valence-electron chi connectivity index (χ4n) is 3.58. The molecular formula is C18H27FN2O2. The van der Waals surface area contributed by atoms with Gasteiger partial charge >= 0.3 is 0 Å². The molecule has 23 heavy (non-hydrogen) atoms. The average Bonchev–Trinajstić information content (AvgIpc) is 2.55. The van der Waals surface area contributed by atoms with Gasteiger partial charge < -0.3 is 15.8 Å². The number of methoxy groups -OCH3 is 1. The van der Waals surface area contributed by atoms with Crippen LogP contribution in [-0.2, 0) is 4.79 Å². The summed E-state index contributed by atoms with van der Waals surface area (Å²) in [6.45, 7) is 2.30. The van der Waals surface area contributed by atoms with E-state index in [0.29, 0.717) is 24.3 Å². The molecule has 1 aromatic rings.